The van der Waals surface area contributed by atoms with Gasteiger partial charge in [-0.2, -0.15) is 9.57 Å². The second-order valence-electron chi connectivity index (χ2n) is 6.98. The number of rotatable bonds is 6. The number of hydrazine groups is 1. The molecular weight excluding hydrogens is 420 g/mol. The van der Waals surface area contributed by atoms with Gasteiger partial charge in [0.05, 0.1) is 16.5 Å². The first-order chi connectivity index (χ1) is 14.8. The van der Waals surface area contributed by atoms with Gasteiger partial charge >= 0.3 is 0 Å². The van der Waals surface area contributed by atoms with Gasteiger partial charge in [0.1, 0.15) is 5.75 Å². The first-order valence-corrected chi connectivity index (χ1v) is 11.1. The van der Waals surface area contributed by atoms with Gasteiger partial charge in [-0.3, -0.25) is 20.4 Å². The summed E-state index contributed by atoms with van der Waals surface area (Å²) in [4.78, 5) is 24.6. The molecule has 0 spiro atoms. The Morgan fingerprint density at radius 1 is 1.10 bits per heavy atom. The molecule has 1 atom stereocenters. The lowest BCUT2D eigenvalue weighted by atomic mass is 10.2. The molecule has 9 nitrogen and oxygen atoms in total. The van der Waals surface area contributed by atoms with Crippen LogP contribution in [0.4, 0.5) is 0 Å². The normalized spacial score (nSPS) is 15.0. The molecule has 1 heterocycles. The number of nitrogens with one attached hydrogen (secondary N) is 2. The van der Waals surface area contributed by atoms with Crippen molar-refractivity contribution < 1.29 is 22.7 Å². The Balaban J connectivity index is 1.55. The van der Waals surface area contributed by atoms with Crippen LogP contribution in [0.1, 0.15) is 35.7 Å². The summed E-state index contributed by atoms with van der Waals surface area (Å²) in [6, 6.07) is 13.9. The largest absolute Gasteiger partial charge is 0.481 e. The van der Waals surface area contributed by atoms with Crippen LogP contribution < -0.4 is 15.6 Å². The van der Waals surface area contributed by atoms with Crippen LogP contribution in [0.3, 0.4) is 0 Å². The highest BCUT2D eigenvalue weighted by atomic mass is 32.2. The Kier molecular flexibility index (Phi) is 6.89. The van der Waals surface area contributed by atoms with Gasteiger partial charge in [0.15, 0.2) is 6.10 Å². The van der Waals surface area contributed by atoms with E-state index in [4.69, 9.17) is 10.00 Å². The highest BCUT2D eigenvalue weighted by Crippen LogP contribution is 2.21. The molecule has 1 fully saturated rings. The molecule has 0 aliphatic carbocycles. The SMILES string of the molecule is CC(Oc1cccc(C#N)c1)C(=O)NNC(=O)c1ccc(S(=O)(=O)N2CCCC2)cc1. The van der Waals surface area contributed by atoms with Crippen molar-refractivity contribution in [3.05, 3.63) is 59.7 Å². The van der Waals surface area contributed by atoms with E-state index in [1.165, 1.54) is 41.6 Å². The van der Waals surface area contributed by atoms with Crippen molar-refractivity contribution in [1.82, 2.24) is 15.2 Å². The van der Waals surface area contributed by atoms with Crippen molar-refractivity contribution in [1.29, 1.82) is 5.26 Å². The van der Waals surface area contributed by atoms with Crippen molar-refractivity contribution in [2.24, 2.45) is 0 Å². The average molecular weight is 442 g/mol. The lowest BCUT2D eigenvalue weighted by Crippen LogP contribution is -2.47. The van der Waals surface area contributed by atoms with E-state index in [9.17, 15) is 18.0 Å². The van der Waals surface area contributed by atoms with E-state index in [1.54, 1.807) is 18.2 Å². The summed E-state index contributed by atoms with van der Waals surface area (Å²) in [6.07, 6.45) is 0.749. The molecule has 1 saturated heterocycles. The Hall–Kier alpha value is -3.42. The molecule has 0 aromatic heterocycles. The monoisotopic (exact) mass is 442 g/mol. The number of ether oxygens (including phenoxy) is 1. The molecule has 2 aromatic carbocycles. The summed E-state index contributed by atoms with van der Waals surface area (Å²) < 4.78 is 32.0. The summed E-state index contributed by atoms with van der Waals surface area (Å²) in [7, 11) is -3.56. The molecule has 2 amide bonds. The zero-order chi connectivity index (χ0) is 22.4. The number of nitriles is 1. The number of carbonyl (C=O) groups excluding carboxylic acids is 2. The van der Waals surface area contributed by atoms with E-state index in [1.807, 2.05) is 6.07 Å². The Morgan fingerprint density at radius 3 is 2.42 bits per heavy atom. The number of carbonyl (C=O) groups is 2. The van der Waals surface area contributed by atoms with E-state index < -0.39 is 27.9 Å². The predicted octanol–water partition coefficient (Wildman–Crippen LogP) is 1.57. The van der Waals surface area contributed by atoms with Crippen LogP contribution >= 0.6 is 0 Å². The summed E-state index contributed by atoms with van der Waals surface area (Å²) in [5, 5.41) is 8.91. The molecule has 2 N–H and O–H groups in total. The van der Waals surface area contributed by atoms with Crippen molar-refractivity contribution in [3.8, 4) is 11.8 Å². The minimum atomic E-state index is -3.56. The number of hydrogen-bond acceptors (Lipinski definition) is 6. The second kappa shape index (κ2) is 9.59. The van der Waals surface area contributed by atoms with Crippen LogP contribution in [0.5, 0.6) is 5.75 Å². The molecule has 3 rings (SSSR count). The molecule has 2 aromatic rings. The number of hydrogen-bond donors (Lipinski definition) is 2. The second-order valence-corrected chi connectivity index (χ2v) is 8.92. The van der Waals surface area contributed by atoms with Gasteiger partial charge in [0, 0.05) is 18.7 Å². The highest BCUT2D eigenvalue weighted by Gasteiger charge is 2.27. The standard InChI is InChI=1S/C21H22N4O5S/c1-15(30-18-6-4-5-16(13-18)14-22)20(26)23-24-21(27)17-7-9-19(10-8-17)31(28,29)25-11-2-3-12-25/h4-10,13,15H,2-3,11-12H2,1H3,(H,23,26)(H,24,27). The zero-order valence-electron chi connectivity index (χ0n) is 16.9. The zero-order valence-corrected chi connectivity index (χ0v) is 17.7. The van der Waals surface area contributed by atoms with E-state index in [2.05, 4.69) is 10.9 Å². The number of benzene rings is 2. The molecule has 1 unspecified atom stereocenters. The molecule has 31 heavy (non-hydrogen) atoms. The number of nitrogens with zero attached hydrogens (tertiary/aromatic N) is 2. The molecule has 10 heteroatoms. The molecular formula is C21H22N4O5S. The van der Waals surface area contributed by atoms with Gasteiger partial charge in [0.2, 0.25) is 10.0 Å². The third-order valence-corrected chi connectivity index (χ3v) is 6.68. The quantitative estimate of drug-likeness (QED) is 0.654. The Labute approximate surface area is 180 Å². The van der Waals surface area contributed by atoms with Crippen LogP contribution in [-0.2, 0) is 14.8 Å². The van der Waals surface area contributed by atoms with Gasteiger partial charge in [-0.15, -0.1) is 0 Å². The van der Waals surface area contributed by atoms with Gasteiger partial charge in [0.25, 0.3) is 11.8 Å². The lowest BCUT2D eigenvalue weighted by molar-refractivity contribution is -0.128. The van der Waals surface area contributed by atoms with Crippen molar-refractivity contribution in [2.45, 2.75) is 30.8 Å². The van der Waals surface area contributed by atoms with E-state index >= 15 is 0 Å². The smallest absolute Gasteiger partial charge is 0.279 e. The molecule has 1 aliphatic heterocycles. The fraction of sp³-hybridized carbons (Fsp3) is 0.286. The maximum atomic E-state index is 12.5. The van der Waals surface area contributed by atoms with Gasteiger partial charge < -0.3 is 4.74 Å². The average Bonchev–Trinajstić information content (AvgIpc) is 3.33. The van der Waals surface area contributed by atoms with Crippen LogP contribution in [0.25, 0.3) is 0 Å². The minimum absolute atomic E-state index is 0.122. The van der Waals surface area contributed by atoms with Crippen LogP contribution in [0.2, 0.25) is 0 Å². The maximum Gasteiger partial charge on any atom is 0.279 e. The molecule has 162 valence electrons. The topological polar surface area (TPSA) is 129 Å². The first kappa shape index (κ1) is 22.3. The fourth-order valence-electron chi connectivity index (χ4n) is 3.04. The third kappa shape index (κ3) is 5.39. The molecule has 1 aliphatic rings. The summed E-state index contributed by atoms with van der Waals surface area (Å²) in [6.45, 7) is 2.49. The van der Waals surface area contributed by atoms with Crippen LogP contribution in [0, 0.1) is 11.3 Å². The molecule has 0 bridgehead atoms. The van der Waals surface area contributed by atoms with Gasteiger partial charge in [-0.05, 0) is 62.2 Å². The van der Waals surface area contributed by atoms with Gasteiger partial charge in [-0.25, -0.2) is 8.42 Å². The van der Waals surface area contributed by atoms with E-state index in [-0.39, 0.29) is 10.5 Å². The van der Waals surface area contributed by atoms with Crippen LogP contribution in [0.15, 0.2) is 53.4 Å². The predicted molar refractivity (Wildman–Crippen MR) is 111 cm³/mol. The first-order valence-electron chi connectivity index (χ1n) is 9.68. The Morgan fingerprint density at radius 2 is 1.77 bits per heavy atom. The fourth-order valence-corrected chi connectivity index (χ4v) is 4.56. The van der Waals surface area contributed by atoms with E-state index in [0.717, 1.165) is 12.8 Å². The summed E-state index contributed by atoms with van der Waals surface area (Å²) in [5.74, 6) is -0.844. The molecule has 0 radical (unpaired) electrons. The summed E-state index contributed by atoms with van der Waals surface area (Å²) in [5.41, 5.74) is 5.12. The van der Waals surface area contributed by atoms with Crippen molar-refractivity contribution in [2.75, 3.05) is 13.1 Å². The highest BCUT2D eigenvalue weighted by molar-refractivity contribution is 7.89. The number of sulfonamides is 1. The van der Waals surface area contributed by atoms with Gasteiger partial charge in [-0.1, -0.05) is 6.07 Å². The van der Waals surface area contributed by atoms with Crippen molar-refractivity contribution in [3.63, 3.8) is 0 Å². The Bertz CT molecular complexity index is 1100. The maximum absolute atomic E-state index is 12.5. The van der Waals surface area contributed by atoms with Crippen molar-refractivity contribution >= 4 is 21.8 Å². The molecule has 0 saturated carbocycles. The minimum Gasteiger partial charge on any atom is -0.481 e. The third-order valence-electron chi connectivity index (χ3n) is 4.76. The number of amides is 2. The lowest BCUT2D eigenvalue weighted by Gasteiger charge is -2.16. The van der Waals surface area contributed by atoms with Crippen LogP contribution in [-0.4, -0.2) is 43.7 Å². The summed E-state index contributed by atoms with van der Waals surface area (Å²) >= 11 is 0. The van der Waals surface area contributed by atoms with E-state index in [0.29, 0.717) is 24.4 Å².